The summed E-state index contributed by atoms with van der Waals surface area (Å²) in [4.78, 5) is 3.26. The van der Waals surface area contributed by atoms with Crippen LogP contribution in [0, 0.1) is 0 Å². The Bertz CT molecular complexity index is 548. The van der Waals surface area contributed by atoms with Gasteiger partial charge >= 0.3 is 0 Å². The van der Waals surface area contributed by atoms with Crippen molar-refractivity contribution in [3.63, 3.8) is 0 Å². The van der Waals surface area contributed by atoms with Gasteiger partial charge in [0.25, 0.3) is 0 Å². The van der Waals surface area contributed by atoms with Crippen LogP contribution >= 0.6 is 11.6 Å². The molecule has 88 valence electrons. The van der Waals surface area contributed by atoms with Crippen molar-refractivity contribution in [3.8, 4) is 0 Å². The summed E-state index contributed by atoms with van der Waals surface area (Å²) in [6.45, 7) is 0.911. The summed E-state index contributed by atoms with van der Waals surface area (Å²) < 4.78 is 0. The Balaban J connectivity index is 1.76. The van der Waals surface area contributed by atoms with Gasteiger partial charge in [0.15, 0.2) is 0 Å². The van der Waals surface area contributed by atoms with Crippen molar-refractivity contribution in [2.24, 2.45) is 0 Å². The molecule has 3 rings (SSSR count). The highest BCUT2D eigenvalue weighted by Gasteiger charge is 2.10. The molecule has 0 atom stereocenters. The summed E-state index contributed by atoms with van der Waals surface area (Å²) in [5, 5.41) is 5.61. The quantitative estimate of drug-likeness (QED) is 0.796. The summed E-state index contributed by atoms with van der Waals surface area (Å²) in [7, 11) is 0. The van der Waals surface area contributed by atoms with Crippen LogP contribution in [0.3, 0.4) is 0 Å². The van der Waals surface area contributed by atoms with Gasteiger partial charge in [0.1, 0.15) is 0 Å². The zero-order chi connectivity index (χ0) is 11.7. The molecule has 3 heteroatoms. The minimum absolute atomic E-state index is 0.604. The number of fused-ring (bicyclic) bond motifs is 1. The number of benzene rings is 1. The smallest absolute Gasteiger partial charge is 0.0472 e. The maximum Gasteiger partial charge on any atom is 0.0472 e. The van der Waals surface area contributed by atoms with Crippen LogP contribution in [0.2, 0.25) is 5.02 Å². The molecule has 2 aromatic rings. The molecule has 2 N–H and O–H groups in total. The van der Waals surface area contributed by atoms with E-state index in [1.54, 1.807) is 0 Å². The van der Waals surface area contributed by atoms with Crippen molar-refractivity contribution in [1.82, 2.24) is 10.3 Å². The molecule has 1 aromatic heterocycles. The molecule has 0 aliphatic heterocycles. The molecule has 1 heterocycles. The molecule has 17 heavy (non-hydrogen) atoms. The monoisotopic (exact) mass is 246 g/mol. The lowest BCUT2D eigenvalue weighted by molar-refractivity contribution is 0.540. The maximum absolute atomic E-state index is 5.96. The number of hydrogen-bond acceptors (Lipinski definition) is 1. The van der Waals surface area contributed by atoms with Gasteiger partial charge in [-0.05, 0) is 30.5 Å². The lowest BCUT2D eigenvalue weighted by atomic mass is 10.1. The van der Waals surface area contributed by atoms with Crippen LogP contribution in [-0.4, -0.2) is 11.0 Å². The Morgan fingerprint density at radius 2 is 2.12 bits per heavy atom. The second-order valence-electron chi connectivity index (χ2n) is 4.52. The third-order valence-corrected chi connectivity index (χ3v) is 3.55. The minimum Gasteiger partial charge on any atom is -0.361 e. The molecule has 0 bridgehead atoms. The van der Waals surface area contributed by atoms with Gasteiger partial charge in [-0.3, -0.25) is 0 Å². The second-order valence-corrected chi connectivity index (χ2v) is 4.96. The predicted octanol–water partition coefficient (Wildman–Crippen LogP) is 3.63. The van der Waals surface area contributed by atoms with Crippen LogP contribution in [0.1, 0.15) is 18.4 Å². The fraction of sp³-hybridized carbons (Fsp3) is 0.286. The predicted molar refractivity (Wildman–Crippen MR) is 72.3 cm³/mol. The number of aromatic amines is 1. The van der Waals surface area contributed by atoms with Crippen molar-refractivity contribution in [2.75, 3.05) is 0 Å². The summed E-state index contributed by atoms with van der Waals surface area (Å²) in [5.74, 6) is 0. The molecule has 1 aliphatic carbocycles. The Kier molecular flexibility index (Phi) is 2.91. The first-order valence-corrected chi connectivity index (χ1v) is 6.34. The van der Waals surface area contributed by atoms with E-state index < -0.39 is 0 Å². The first kappa shape index (κ1) is 10.9. The first-order chi connectivity index (χ1) is 8.33. The zero-order valence-electron chi connectivity index (χ0n) is 9.54. The summed E-state index contributed by atoms with van der Waals surface area (Å²) in [5.41, 5.74) is 2.42. The van der Waals surface area contributed by atoms with Crippen molar-refractivity contribution in [3.05, 3.63) is 47.1 Å². The van der Waals surface area contributed by atoms with Gasteiger partial charge in [0.2, 0.25) is 0 Å². The van der Waals surface area contributed by atoms with Crippen LogP contribution in [0.15, 0.2) is 36.5 Å². The van der Waals surface area contributed by atoms with Gasteiger partial charge in [-0.15, -0.1) is 0 Å². The molecule has 0 fully saturated rings. The van der Waals surface area contributed by atoms with E-state index in [1.165, 1.54) is 10.9 Å². The van der Waals surface area contributed by atoms with Crippen LogP contribution < -0.4 is 5.32 Å². The van der Waals surface area contributed by atoms with Gasteiger partial charge in [-0.1, -0.05) is 29.8 Å². The van der Waals surface area contributed by atoms with E-state index in [1.807, 2.05) is 12.1 Å². The molecule has 0 amide bonds. The van der Waals surface area contributed by atoms with Gasteiger partial charge in [0.05, 0.1) is 0 Å². The topological polar surface area (TPSA) is 27.8 Å². The lowest BCUT2D eigenvalue weighted by Crippen LogP contribution is -2.25. The molecular formula is C14H15ClN2. The molecule has 1 aromatic carbocycles. The Morgan fingerprint density at radius 3 is 2.94 bits per heavy atom. The standard InChI is InChI=1S/C14H15ClN2/c15-11-5-6-13-10(9-17-14(13)7-11)8-16-12-3-1-2-4-12/h1-2,5-7,9,12,16-17H,3-4,8H2. The number of rotatable bonds is 3. The van der Waals surface area contributed by atoms with E-state index in [4.69, 9.17) is 11.6 Å². The number of aromatic nitrogens is 1. The summed E-state index contributed by atoms with van der Waals surface area (Å²) >= 11 is 5.96. The van der Waals surface area contributed by atoms with Crippen LogP contribution in [0.25, 0.3) is 10.9 Å². The number of H-pyrrole nitrogens is 1. The molecule has 0 radical (unpaired) electrons. The summed E-state index contributed by atoms with van der Waals surface area (Å²) in [6.07, 6.45) is 8.85. The highest BCUT2D eigenvalue weighted by atomic mass is 35.5. The van der Waals surface area contributed by atoms with Crippen molar-refractivity contribution in [2.45, 2.75) is 25.4 Å². The SMILES string of the molecule is Clc1ccc2c(CNC3CC=CC3)c[nH]c2c1. The van der Waals surface area contributed by atoms with Gasteiger partial charge in [-0.25, -0.2) is 0 Å². The zero-order valence-corrected chi connectivity index (χ0v) is 10.3. The van der Waals surface area contributed by atoms with Crippen molar-refractivity contribution < 1.29 is 0 Å². The first-order valence-electron chi connectivity index (χ1n) is 5.97. The minimum atomic E-state index is 0.604. The van der Waals surface area contributed by atoms with Gasteiger partial charge < -0.3 is 10.3 Å². The second kappa shape index (κ2) is 4.55. The van der Waals surface area contributed by atoms with Crippen LogP contribution in [-0.2, 0) is 6.54 Å². The molecule has 0 spiro atoms. The number of hydrogen-bond donors (Lipinski definition) is 2. The third kappa shape index (κ3) is 2.24. The fourth-order valence-electron chi connectivity index (χ4n) is 2.34. The lowest BCUT2D eigenvalue weighted by Gasteiger charge is -2.10. The average molecular weight is 247 g/mol. The molecule has 0 unspecified atom stereocenters. The molecular weight excluding hydrogens is 232 g/mol. The van der Waals surface area contributed by atoms with Crippen molar-refractivity contribution in [1.29, 1.82) is 0 Å². The van der Waals surface area contributed by atoms with E-state index in [9.17, 15) is 0 Å². The van der Waals surface area contributed by atoms with Crippen molar-refractivity contribution >= 4 is 22.5 Å². The van der Waals surface area contributed by atoms with E-state index in [0.717, 1.165) is 29.9 Å². The summed E-state index contributed by atoms with van der Waals surface area (Å²) in [6, 6.07) is 6.60. The largest absolute Gasteiger partial charge is 0.361 e. The van der Waals surface area contributed by atoms with Crippen LogP contribution in [0.4, 0.5) is 0 Å². The Morgan fingerprint density at radius 1 is 1.29 bits per heavy atom. The fourth-order valence-corrected chi connectivity index (χ4v) is 2.52. The molecule has 1 aliphatic rings. The average Bonchev–Trinajstić information content (AvgIpc) is 2.94. The number of nitrogens with one attached hydrogen (secondary N) is 2. The van der Waals surface area contributed by atoms with E-state index >= 15 is 0 Å². The van der Waals surface area contributed by atoms with Crippen LogP contribution in [0.5, 0.6) is 0 Å². The van der Waals surface area contributed by atoms with E-state index in [0.29, 0.717) is 6.04 Å². The van der Waals surface area contributed by atoms with E-state index in [-0.39, 0.29) is 0 Å². The normalized spacial score (nSPS) is 16.1. The highest BCUT2D eigenvalue weighted by Crippen LogP contribution is 2.22. The van der Waals surface area contributed by atoms with Gasteiger partial charge in [-0.2, -0.15) is 0 Å². The molecule has 2 nitrogen and oxygen atoms in total. The third-order valence-electron chi connectivity index (χ3n) is 3.32. The Labute approximate surface area is 106 Å². The Hall–Kier alpha value is -1.25. The van der Waals surface area contributed by atoms with E-state index in [2.05, 4.69) is 34.7 Å². The molecule has 0 saturated heterocycles. The molecule has 0 saturated carbocycles. The number of halogens is 1. The maximum atomic E-state index is 5.96. The van der Waals surface area contributed by atoms with Gasteiger partial charge in [0, 0.05) is 34.7 Å². The highest BCUT2D eigenvalue weighted by molar-refractivity contribution is 6.31.